The third-order valence-electron chi connectivity index (χ3n) is 4.64. The number of hydrogen-bond donors (Lipinski definition) is 1. The molecular weight excluding hydrogens is 289 g/mol. The van der Waals surface area contributed by atoms with Crippen LogP contribution in [0.3, 0.4) is 0 Å². The highest BCUT2D eigenvalue weighted by Crippen LogP contribution is 2.61. The molecule has 1 aliphatic carbocycles. The fraction of sp³-hybridized carbons (Fsp3) is 0.467. The Labute approximate surface area is 123 Å². The van der Waals surface area contributed by atoms with E-state index in [-0.39, 0.29) is 0 Å². The van der Waals surface area contributed by atoms with Crippen LogP contribution in [0.5, 0.6) is 0 Å². The van der Waals surface area contributed by atoms with Gasteiger partial charge in [-0.15, -0.1) is 0 Å². The number of carbonyl (C=O) groups is 2. The molecule has 1 N–H and O–H groups in total. The lowest BCUT2D eigenvalue weighted by molar-refractivity contribution is 0.0468. The Morgan fingerprint density at radius 1 is 1.05 bits per heavy atom. The summed E-state index contributed by atoms with van der Waals surface area (Å²) in [5.74, 6) is -0.873. The Morgan fingerprint density at radius 2 is 1.52 bits per heavy atom. The lowest BCUT2D eigenvalue weighted by Crippen LogP contribution is -2.52. The molecule has 2 aliphatic rings. The molecule has 0 bridgehead atoms. The number of imide groups is 1. The summed E-state index contributed by atoms with van der Waals surface area (Å²) in [6.07, 6.45) is 3.29. The average molecular weight is 307 g/mol. The summed E-state index contributed by atoms with van der Waals surface area (Å²) in [6, 6.07) is 6.60. The van der Waals surface area contributed by atoms with Crippen molar-refractivity contribution < 1.29 is 19.0 Å². The highest BCUT2D eigenvalue weighted by Gasteiger charge is 2.56. The molecule has 1 heterocycles. The van der Waals surface area contributed by atoms with Crippen molar-refractivity contribution in [2.45, 2.75) is 37.4 Å². The van der Waals surface area contributed by atoms with E-state index in [4.69, 9.17) is 0 Å². The van der Waals surface area contributed by atoms with E-state index in [1.165, 1.54) is 6.66 Å². The molecule has 5 nitrogen and oxygen atoms in total. The standard InChI is InChI=1S/C15H18NO4P/c1-21(19,20)15(9-5-2-6-10-15)16-13(17)11-7-3-4-8-12(11)14(16)18/h3-4,7-8H,2,5-6,9-10H2,1H3,(H,19,20). The highest BCUT2D eigenvalue weighted by molar-refractivity contribution is 7.58. The molecule has 6 heteroatoms. The van der Waals surface area contributed by atoms with E-state index < -0.39 is 24.5 Å². The van der Waals surface area contributed by atoms with E-state index in [1.807, 2.05) is 0 Å². The maximum atomic E-state index is 12.6. The van der Waals surface area contributed by atoms with Crippen molar-refractivity contribution in [3.05, 3.63) is 35.4 Å². The van der Waals surface area contributed by atoms with Crippen LogP contribution in [0.2, 0.25) is 0 Å². The number of nitrogens with zero attached hydrogens (tertiary/aromatic N) is 1. The number of carbonyl (C=O) groups excluding carboxylic acids is 2. The summed E-state index contributed by atoms with van der Waals surface area (Å²) < 4.78 is 12.5. The molecule has 2 amide bonds. The topological polar surface area (TPSA) is 74.7 Å². The first kappa shape index (κ1) is 14.5. The molecule has 1 atom stereocenters. The minimum atomic E-state index is -3.64. The zero-order chi connectivity index (χ0) is 15.3. The van der Waals surface area contributed by atoms with E-state index in [0.717, 1.165) is 24.2 Å². The van der Waals surface area contributed by atoms with Crippen LogP contribution in [0, 0.1) is 0 Å². The Morgan fingerprint density at radius 3 is 1.95 bits per heavy atom. The van der Waals surface area contributed by atoms with Crippen LogP contribution in [0.4, 0.5) is 0 Å². The van der Waals surface area contributed by atoms with Gasteiger partial charge in [-0.2, -0.15) is 0 Å². The molecule has 0 aromatic heterocycles. The van der Waals surface area contributed by atoms with Gasteiger partial charge in [0.05, 0.1) is 11.1 Å². The minimum absolute atomic E-state index is 0.334. The number of rotatable bonds is 2. The van der Waals surface area contributed by atoms with Crippen LogP contribution < -0.4 is 0 Å². The van der Waals surface area contributed by atoms with E-state index in [9.17, 15) is 19.0 Å². The van der Waals surface area contributed by atoms with Crippen LogP contribution in [0.1, 0.15) is 52.8 Å². The maximum Gasteiger partial charge on any atom is 0.262 e. The zero-order valence-electron chi connectivity index (χ0n) is 11.9. The maximum absolute atomic E-state index is 12.6. The highest BCUT2D eigenvalue weighted by atomic mass is 31.2. The molecule has 21 heavy (non-hydrogen) atoms. The van der Waals surface area contributed by atoms with E-state index in [0.29, 0.717) is 24.0 Å². The molecule has 1 aromatic rings. The van der Waals surface area contributed by atoms with Gasteiger partial charge < -0.3 is 4.89 Å². The van der Waals surface area contributed by atoms with Crippen molar-refractivity contribution in [1.82, 2.24) is 4.90 Å². The fourth-order valence-electron chi connectivity index (χ4n) is 3.51. The van der Waals surface area contributed by atoms with Gasteiger partial charge in [0.15, 0.2) is 0 Å². The van der Waals surface area contributed by atoms with Crippen molar-refractivity contribution in [3.8, 4) is 0 Å². The summed E-state index contributed by atoms with van der Waals surface area (Å²) in [5.41, 5.74) is 0.668. The molecule has 1 fully saturated rings. The van der Waals surface area contributed by atoms with Crippen LogP contribution >= 0.6 is 7.37 Å². The number of fused-ring (bicyclic) bond motifs is 1. The van der Waals surface area contributed by atoms with Crippen molar-refractivity contribution in [2.75, 3.05) is 6.66 Å². The van der Waals surface area contributed by atoms with Crippen molar-refractivity contribution in [3.63, 3.8) is 0 Å². The second-order valence-corrected chi connectivity index (χ2v) is 8.50. The predicted molar refractivity (Wildman–Crippen MR) is 78.5 cm³/mol. The lowest BCUT2D eigenvalue weighted by atomic mass is 9.93. The Balaban J connectivity index is 2.13. The largest absolute Gasteiger partial charge is 0.343 e. The Hall–Kier alpha value is -1.45. The Bertz CT molecular complexity index is 622. The molecule has 112 valence electrons. The second-order valence-electron chi connectivity index (χ2n) is 5.91. The van der Waals surface area contributed by atoms with E-state index in [2.05, 4.69) is 0 Å². The SMILES string of the molecule is CP(=O)(O)C1(N2C(=O)c3ccccc3C2=O)CCCCC1. The second kappa shape index (κ2) is 4.79. The third kappa shape index (κ3) is 1.99. The average Bonchev–Trinajstić information content (AvgIpc) is 2.71. The molecule has 3 rings (SSSR count). The zero-order valence-corrected chi connectivity index (χ0v) is 12.8. The van der Waals surface area contributed by atoms with Crippen LogP contribution in [-0.4, -0.2) is 33.6 Å². The molecule has 1 unspecified atom stereocenters. The molecule has 0 spiro atoms. The van der Waals surface area contributed by atoms with Gasteiger partial charge in [-0.1, -0.05) is 31.4 Å². The normalized spacial score (nSPS) is 23.8. The van der Waals surface area contributed by atoms with Gasteiger partial charge in [0.1, 0.15) is 5.28 Å². The van der Waals surface area contributed by atoms with Gasteiger partial charge in [-0.05, 0) is 25.0 Å². The molecule has 0 radical (unpaired) electrons. The van der Waals surface area contributed by atoms with Crippen LogP contribution in [0.15, 0.2) is 24.3 Å². The van der Waals surface area contributed by atoms with Gasteiger partial charge in [-0.3, -0.25) is 19.1 Å². The lowest BCUT2D eigenvalue weighted by Gasteiger charge is -2.44. The minimum Gasteiger partial charge on any atom is -0.343 e. The van der Waals surface area contributed by atoms with Crippen molar-refractivity contribution in [1.29, 1.82) is 0 Å². The van der Waals surface area contributed by atoms with Gasteiger partial charge >= 0.3 is 0 Å². The van der Waals surface area contributed by atoms with Gasteiger partial charge in [0, 0.05) is 6.66 Å². The summed E-state index contributed by atoms with van der Waals surface area (Å²) in [7, 11) is -3.64. The summed E-state index contributed by atoms with van der Waals surface area (Å²) in [6.45, 7) is 1.27. The van der Waals surface area contributed by atoms with E-state index in [1.54, 1.807) is 24.3 Å². The van der Waals surface area contributed by atoms with Crippen LogP contribution in [0.25, 0.3) is 0 Å². The third-order valence-corrected chi connectivity index (χ3v) is 6.83. The molecule has 0 saturated heterocycles. The van der Waals surface area contributed by atoms with Gasteiger partial charge in [0.2, 0.25) is 7.37 Å². The Kier molecular flexibility index (Phi) is 3.30. The smallest absolute Gasteiger partial charge is 0.262 e. The monoisotopic (exact) mass is 307 g/mol. The number of amides is 2. The summed E-state index contributed by atoms with van der Waals surface area (Å²) in [4.78, 5) is 36.6. The van der Waals surface area contributed by atoms with Gasteiger partial charge in [0.25, 0.3) is 11.8 Å². The van der Waals surface area contributed by atoms with E-state index >= 15 is 0 Å². The van der Waals surface area contributed by atoms with Crippen LogP contribution in [-0.2, 0) is 4.57 Å². The number of benzene rings is 1. The summed E-state index contributed by atoms with van der Waals surface area (Å²) >= 11 is 0. The van der Waals surface area contributed by atoms with Crippen molar-refractivity contribution >= 4 is 19.2 Å². The molecule has 1 aromatic carbocycles. The first-order valence-electron chi connectivity index (χ1n) is 7.17. The fourth-order valence-corrected chi connectivity index (χ4v) is 5.21. The quantitative estimate of drug-likeness (QED) is 0.673. The predicted octanol–water partition coefficient (Wildman–Crippen LogP) is 2.84. The first-order chi connectivity index (χ1) is 9.88. The first-order valence-corrected chi connectivity index (χ1v) is 9.27. The number of hydrogen-bond acceptors (Lipinski definition) is 3. The molecule has 1 saturated carbocycles. The summed E-state index contributed by atoms with van der Waals surface area (Å²) in [5, 5.41) is -1.24. The van der Waals surface area contributed by atoms with Crippen molar-refractivity contribution in [2.24, 2.45) is 0 Å². The van der Waals surface area contributed by atoms with Gasteiger partial charge in [-0.25, -0.2) is 0 Å². The molecular formula is C15H18NO4P. The molecule has 1 aliphatic heterocycles.